The standard InChI is InChI=1S/C24H33N3O2.C5H10O3/c1-18-9-6-7-11-21(18)17-20-14-12-19(13-15-20)10-5-4-8-16-26-23(29)27-24(2,3)22(25)28;6-4-1-5(7)3-8-2-4/h6-7,9,11-15H,4-5,8,10,16-17H2,1-3H3,(H2,25,28)(H2,26,27,29);4-7H,1-3H2. The molecule has 0 aliphatic carbocycles. The Labute approximate surface area is 220 Å². The minimum Gasteiger partial charge on any atom is -0.391 e. The predicted octanol–water partition coefficient (Wildman–Crippen LogP) is 2.99. The summed E-state index contributed by atoms with van der Waals surface area (Å²) in [4.78, 5) is 23.0. The zero-order valence-corrected chi connectivity index (χ0v) is 22.3. The van der Waals surface area contributed by atoms with E-state index in [0.29, 0.717) is 26.2 Å². The SMILES string of the molecule is Cc1ccccc1Cc1ccc(CCCCCNC(=O)NC(C)(C)C(N)=O)cc1.OC1COCC(O)C1. The third-order valence-corrected chi connectivity index (χ3v) is 6.31. The molecule has 37 heavy (non-hydrogen) atoms. The highest BCUT2D eigenvalue weighted by Gasteiger charge is 2.26. The molecule has 2 aromatic carbocycles. The van der Waals surface area contributed by atoms with Gasteiger partial charge in [-0.3, -0.25) is 4.79 Å². The van der Waals surface area contributed by atoms with E-state index < -0.39 is 23.7 Å². The first-order valence-electron chi connectivity index (χ1n) is 13.0. The van der Waals surface area contributed by atoms with Crippen LogP contribution in [0.2, 0.25) is 0 Å². The molecule has 0 aromatic heterocycles. The number of hydrogen-bond donors (Lipinski definition) is 5. The van der Waals surface area contributed by atoms with Crippen molar-refractivity contribution in [2.24, 2.45) is 5.73 Å². The summed E-state index contributed by atoms with van der Waals surface area (Å²) in [6.07, 6.45) is 4.55. The van der Waals surface area contributed by atoms with Crippen LogP contribution in [0.15, 0.2) is 48.5 Å². The van der Waals surface area contributed by atoms with Crippen LogP contribution >= 0.6 is 0 Å². The molecule has 3 rings (SSSR count). The molecule has 0 spiro atoms. The maximum atomic E-state index is 11.8. The van der Waals surface area contributed by atoms with E-state index >= 15 is 0 Å². The summed E-state index contributed by atoms with van der Waals surface area (Å²) in [5.41, 5.74) is 9.57. The van der Waals surface area contributed by atoms with Gasteiger partial charge in [0.15, 0.2) is 0 Å². The highest BCUT2D eigenvalue weighted by molar-refractivity contribution is 5.89. The average molecular weight is 514 g/mol. The quantitative estimate of drug-likeness (QED) is 0.312. The van der Waals surface area contributed by atoms with Crippen LogP contribution in [-0.4, -0.2) is 59.7 Å². The van der Waals surface area contributed by atoms with E-state index in [1.54, 1.807) is 13.8 Å². The van der Waals surface area contributed by atoms with Crippen molar-refractivity contribution in [2.75, 3.05) is 19.8 Å². The molecule has 0 radical (unpaired) electrons. The molecule has 1 aliphatic heterocycles. The molecule has 1 aliphatic rings. The molecular weight excluding hydrogens is 470 g/mol. The number of aliphatic hydroxyl groups is 2. The first-order valence-corrected chi connectivity index (χ1v) is 13.0. The van der Waals surface area contributed by atoms with Crippen molar-refractivity contribution in [3.63, 3.8) is 0 Å². The maximum Gasteiger partial charge on any atom is 0.315 e. The van der Waals surface area contributed by atoms with Crippen molar-refractivity contribution in [2.45, 2.75) is 77.0 Å². The first kappa shape index (κ1) is 30.3. The number of carbonyl (C=O) groups excluding carboxylic acids is 2. The summed E-state index contributed by atoms with van der Waals surface area (Å²) in [6, 6.07) is 17.0. The summed E-state index contributed by atoms with van der Waals surface area (Å²) < 4.78 is 4.79. The van der Waals surface area contributed by atoms with Crippen molar-refractivity contribution >= 4 is 11.9 Å². The Bertz CT molecular complexity index is 970. The number of aliphatic hydroxyl groups excluding tert-OH is 2. The van der Waals surface area contributed by atoms with Gasteiger partial charge in [-0.05, 0) is 68.7 Å². The number of nitrogens with one attached hydrogen (secondary N) is 2. The van der Waals surface area contributed by atoms with Gasteiger partial charge in [-0.25, -0.2) is 4.79 Å². The first-order chi connectivity index (χ1) is 17.6. The molecule has 204 valence electrons. The lowest BCUT2D eigenvalue weighted by Gasteiger charge is -2.22. The Morgan fingerprint density at radius 2 is 1.59 bits per heavy atom. The third kappa shape index (κ3) is 11.8. The number of hydrogen-bond acceptors (Lipinski definition) is 5. The molecule has 2 atom stereocenters. The van der Waals surface area contributed by atoms with E-state index in [9.17, 15) is 9.59 Å². The van der Waals surface area contributed by atoms with Crippen LogP contribution < -0.4 is 16.4 Å². The highest BCUT2D eigenvalue weighted by Crippen LogP contribution is 2.15. The van der Waals surface area contributed by atoms with Gasteiger partial charge in [0.25, 0.3) is 0 Å². The number of nitrogens with two attached hydrogens (primary N) is 1. The van der Waals surface area contributed by atoms with Crippen molar-refractivity contribution in [1.82, 2.24) is 10.6 Å². The zero-order valence-electron chi connectivity index (χ0n) is 22.3. The second kappa shape index (κ2) is 15.3. The van der Waals surface area contributed by atoms with E-state index in [1.807, 2.05) is 0 Å². The number of benzene rings is 2. The van der Waals surface area contributed by atoms with Crippen LogP contribution in [0.25, 0.3) is 0 Å². The van der Waals surface area contributed by atoms with Gasteiger partial charge in [-0.15, -0.1) is 0 Å². The molecule has 2 unspecified atom stereocenters. The predicted molar refractivity (Wildman–Crippen MR) is 145 cm³/mol. The Morgan fingerprint density at radius 3 is 2.16 bits per heavy atom. The number of unbranched alkanes of at least 4 members (excludes halogenated alkanes) is 2. The van der Waals surface area contributed by atoms with Gasteiger partial charge < -0.3 is 31.3 Å². The van der Waals surface area contributed by atoms with Gasteiger partial charge >= 0.3 is 6.03 Å². The van der Waals surface area contributed by atoms with E-state index in [1.165, 1.54) is 22.3 Å². The van der Waals surface area contributed by atoms with Gasteiger partial charge in [0, 0.05) is 13.0 Å². The fraction of sp³-hybridized carbons (Fsp3) is 0.517. The lowest BCUT2D eigenvalue weighted by Crippen LogP contribution is -2.55. The zero-order chi connectivity index (χ0) is 27.3. The minimum absolute atomic E-state index is 0.363. The van der Waals surface area contributed by atoms with Gasteiger partial charge in [-0.1, -0.05) is 55.0 Å². The maximum absolute atomic E-state index is 11.8. The van der Waals surface area contributed by atoms with E-state index in [4.69, 9.17) is 20.7 Å². The number of carbonyl (C=O) groups is 2. The summed E-state index contributed by atoms with van der Waals surface area (Å²) in [5, 5.41) is 22.9. The minimum atomic E-state index is -1.05. The van der Waals surface area contributed by atoms with E-state index in [-0.39, 0.29) is 6.03 Å². The van der Waals surface area contributed by atoms with Crippen molar-refractivity contribution in [3.8, 4) is 0 Å². The number of primary amides is 1. The molecular formula is C29H43N3O5. The molecule has 1 fully saturated rings. The topological polar surface area (TPSA) is 134 Å². The summed E-state index contributed by atoms with van der Waals surface area (Å²) in [7, 11) is 0. The normalized spacial score (nSPS) is 17.3. The van der Waals surface area contributed by atoms with Crippen LogP contribution in [-0.2, 0) is 22.4 Å². The monoisotopic (exact) mass is 513 g/mol. The second-order valence-corrected chi connectivity index (χ2v) is 10.2. The van der Waals surface area contributed by atoms with Gasteiger partial charge in [0.2, 0.25) is 5.91 Å². The summed E-state index contributed by atoms with van der Waals surface area (Å²) in [6.45, 7) is 6.65. The molecule has 8 nitrogen and oxygen atoms in total. The smallest absolute Gasteiger partial charge is 0.315 e. The van der Waals surface area contributed by atoms with Gasteiger partial charge in [-0.2, -0.15) is 0 Å². The Hall–Kier alpha value is -2.94. The molecule has 2 aromatic rings. The number of urea groups is 1. The van der Waals surface area contributed by atoms with Crippen LogP contribution in [0, 0.1) is 6.92 Å². The fourth-order valence-electron chi connectivity index (χ4n) is 3.86. The molecule has 8 heteroatoms. The molecule has 6 N–H and O–H groups in total. The van der Waals surface area contributed by atoms with Crippen LogP contribution in [0.3, 0.4) is 0 Å². The Morgan fingerprint density at radius 1 is 0.973 bits per heavy atom. The van der Waals surface area contributed by atoms with Crippen molar-refractivity contribution < 1.29 is 24.5 Å². The fourth-order valence-corrected chi connectivity index (χ4v) is 3.86. The molecule has 0 saturated carbocycles. The summed E-state index contributed by atoms with van der Waals surface area (Å²) >= 11 is 0. The van der Waals surface area contributed by atoms with Gasteiger partial charge in [0.1, 0.15) is 5.54 Å². The van der Waals surface area contributed by atoms with Crippen molar-refractivity contribution in [1.29, 1.82) is 0 Å². The van der Waals surface area contributed by atoms with Crippen LogP contribution in [0.1, 0.15) is 61.8 Å². The lowest BCUT2D eigenvalue weighted by atomic mass is 9.99. The largest absolute Gasteiger partial charge is 0.391 e. The highest BCUT2D eigenvalue weighted by atomic mass is 16.5. The molecule has 1 saturated heterocycles. The van der Waals surface area contributed by atoms with Gasteiger partial charge in [0.05, 0.1) is 25.4 Å². The van der Waals surface area contributed by atoms with E-state index in [2.05, 4.69) is 66.1 Å². The third-order valence-electron chi connectivity index (χ3n) is 6.31. The van der Waals surface area contributed by atoms with Crippen molar-refractivity contribution in [3.05, 3.63) is 70.8 Å². The number of ether oxygens (including phenoxy) is 1. The Balaban J connectivity index is 0.000000510. The second-order valence-electron chi connectivity index (χ2n) is 10.2. The van der Waals surface area contributed by atoms with E-state index in [0.717, 1.165) is 32.1 Å². The average Bonchev–Trinajstić information content (AvgIpc) is 2.83. The summed E-state index contributed by atoms with van der Waals surface area (Å²) in [5.74, 6) is -0.558. The molecule has 3 amide bonds. The molecule has 1 heterocycles. The lowest BCUT2D eigenvalue weighted by molar-refractivity contribution is -0.122. The van der Waals surface area contributed by atoms with Crippen LogP contribution in [0.5, 0.6) is 0 Å². The number of amides is 3. The van der Waals surface area contributed by atoms with Crippen LogP contribution in [0.4, 0.5) is 4.79 Å². The number of rotatable bonds is 10. The number of aryl methyl sites for hydroxylation is 2. The Kier molecular flexibility index (Phi) is 12.6. The molecule has 0 bridgehead atoms.